The number of pyridine rings is 2. The highest BCUT2D eigenvalue weighted by Crippen LogP contribution is 2.32. The Morgan fingerprint density at radius 3 is 2.57 bits per heavy atom. The summed E-state index contributed by atoms with van der Waals surface area (Å²) in [5.41, 5.74) is 6.77. The summed E-state index contributed by atoms with van der Waals surface area (Å²) in [6.07, 6.45) is 8.38. The number of hydrogen-bond acceptors (Lipinski definition) is 11. The van der Waals surface area contributed by atoms with Crippen molar-refractivity contribution >= 4 is 73.5 Å². The second-order valence-corrected chi connectivity index (χ2v) is 15.8. The van der Waals surface area contributed by atoms with Crippen molar-refractivity contribution in [3.05, 3.63) is 110 Å². The first-order valence-corrected chi connectivity index (χ1v) is 21.3. The van der Waals surface area contributed by atoms with Gasteiger partial charge in [-0.15, -0.1) is 0 Å². The molecule has 1 fully saturated rings. The number of aromatic nitrogens is 4. The van der Waals surface area contributed by atoms with Crippen LogP contribution in [-0.2, 0) is 54.6 Å². The summed E-state index contributed by atoms with van der Waals surface area (Å²) >= 11 is 9.95. The third-order valence-corrected chi connectivity index (χ3v) is 11.0. The zero-order valence-corrected chi connectivity index (χ0v) is 36.6. The Morgan fingerprint density at radius 1 is 0.984 bits per heavy atom. The molecule has 1 saturated heterocycles. The summed E-state index contributed by atoms with van der Waals surface area (Å²) in [4.78, 5) is 70.9. The fourth-order valence-corrected chi connectivity index (χ4v) is 7.66. The molecule has 17 heteroatoms. The molecule has 0 aliphatic carbocycles. The number of Topliss-reactive ketones (excluding diaryl/α,β-unsaturated/α-hetero) is 1. The molecule has 3 N–H and O–H groups in total. The lowest BCUT2D eigenvalue weighted by Gasteiger charge is -2.29. The number of hydrogen-bond donors (Lipinski definition) is 3. The summed E-state index contributed by atoms with van der Waals surface area (Å²) in [6.45, 7) is 9.43. The van der Waals surface area contributed by atoms with Gasteiger partial charge in [-0.2, -0.15) is 5.10 Å². The van der Waals surface area contributed by atoms with E-state index in [1.807, 2.05) is 44.2 Å². The average molecular weight is 916 g/mol. The van der Waals surface area contributed by atoms with Crippen LogP contribution in [-0.4, -0.2) is 93.1 Å². The molecule has 320 valence electrons. The topological polar surface area (TPSA) is 187 Å². The minimum atomic E-state index is -0.600. The molecule has 15 nitrogen and oxygen atoms in total. The van der Waals surface area contributed by atoms with Crippen LogP contribution in [0.3, 0.4) is 0 Å². The van der Waals surface area contributed by atoms with Crippen molar-refractivity contribution in [3.8, 4) is 5.82 Å². The molecular formula is C44H48BrClN8O7. The molecular weight excluding hydrogens is 868 g/mol. The monoisotopic (exact) mass is 914 g/mol. The number of imide groups is 1. The number of benzene rings is 2. The lowest BCUT2D eigenvalue weighted by Crippen LogP contribution is -2.52. The molecule has 0 spiro atoms. The van der Waals surface area contributed by atoms with Crippen LogP contribution in [0, 0.1) is 6.92 Å². The van der Waals surface area contributed by atoms with Crippen molar-refractivity contribution in [1.29, 1.82) is 0 Å². The number of nitrogens with zero attached hydrogens (tertiary/aromatic N) is 5. The van der Waals surface area contributed by atoms with Crippen LogP contribution < -0.4 is 16.0 Å². The lowest BCUT2D eigenvalue weighted by molar-refractivity contribution is -0.137. The largest absolute Gasteiger partial charge is 0.382 e. The van der Waals surface area contributed by atoms with Gasteiger partial charge in [-0.25, -0.2) is 9.67 Å². The third kappa shape index (κ3) is 11.6. The fourth-order valence-electron chi connectivity index (χ4n) is 7.02. The maximum atomic E-state index is 12.8. The molecule has 3 aromatic heterocycles. The molecule has 2 aliphatic rings. The number of rotatable bonds is 17. The first-order chi connectivity index (χ1) is 29.4. The number of carbonyl (C=O) groups excluding carboxylic acids is 5. The summed E-state index contributed by atoms with van der Waals surface area (Å²) in [7, 11) is 0. The van der Waals surface area contributed by atoms with E-state index in [9.17, 15) is 24.0 Å². The van der Waals surface area contributed by atoms with Gasteiger partial charge in [0.1, 0.15) is 11.8 Å². The predicted molar refractivity (Wildman–Crippen MR) is 233 cm³/mol. The minimum absolute atomic E-state index is 0.0273. The molecule has 5 heterocycles. The zero-order valence-electron chi connectivity index (χ0n) is 34.3. The Labute approximate surface area is 367 Å². The molecule has 2 aromatic carbocycles. The van der Waals surface area contributed by atoms with Gasteiger partial charge in [-0.05, 0) is 73.4 Å². The van der Waals surface area contributed by atoms with Gasteiger partial charge in [0.2, 0.25) is 17.7 Å². The summed E-state index contributed by atoms with van der Waals surface area (Å²) in [5.74, 6) is -0.364. The maximum Gasteiger partial charge on any atom is 0.255 e. The maximum absolute atomic E-state index is 12.8. The van der Waals surface area contributed by atoms with Crippen molar-refractivity contribution in [1.82, 2.24) is 35.3 Å². The molecule has 61 heavy (non-hydrogen) atoms. The number of fused-ring (bicyclic) bond motifs is 2. The lowest BCUT2D eigenvalue weighted by atomic mass is 9.99. The normalized spacial score (nSPS) is 14.7. The second kappa shape index (κ2) is 21.3. The number of halogens is 2. The highest BCUT2D eigenvalue weighted by atomic mass is 79.9. The van der Waals surface area contributed by atoms with E-state index in [0.29, 0.717) is 75.3 Å². The highest BCUT2D eigenvalue weighted by Gasteiger charge is 2.39. The Hall–Kier alpha value is -5.55. The van der Waals surface area contributed by atoms with E-state index in [1.165, 1.54) is 0 Å². The van der Waals surface area contributed by atoms with Gasteiger partial charge in [-0.1, -0.05) is 40.5 Å². The standard InChI is InChI=1S/C25H23BrClN5O2.C19H25N3O5/c1-3-24(34)29-11-17-12-31-32(14-17)25-22(27)7-16(10-30-25)6-20(33)8-18-13-28-23-5-4-19(26)9-21(23)15(18)2;1-2-26-10-11-27-9-8-20-15-5-3-4-13-14(15)12-22(19(13)25)16-6-7-17(23)21-18(16)24/h4-5,7,9-10,12-14H,3,6,8,11H2,1-2H3,(H,29,34);3-5,16,20H,2,6-12H2,1H3,(H,21,23,24). The summed E-state index contributed by atoms with van der Waals surface area (Å²) < 4.78 is 13.2. The van der Waals surface area contributed by atoms with Gasteiger partial charge in [-0.3, -0.25) is 34.3 Å². The van der Waals surface area contributed by atoms with Crippen LogP contribution in [0.25, 0.3) is 16.7 Å². The zero-order chi connectivity index (χ0) is 43.5. The van der Waals surface area contributed by atoms with Crippen molar-refractivity contribution in [2.75, 3.05) is 38.3 Å². The molecule has 0 saturated carbocycles. The quantitative estimate of drug-likeness (QED) is 0.0753. The molecule has 2 aliphatic heterocycles. The highest BCUT2D eigenvalue weighted by molar-refractivity contribution is 9.10. The first-order valence-electron chi connectivity index (χ1n) is 20.1. The Balaban J connectivity index is 0.000000210. The Kier molecular flexibility index (Phi) is 15.7. The number of ether oxygens (including phenoxy) is 2. The van der Waals surface area contributed by atoms with Gasteiger partial charge in [0.25, 0.3) is 5.91 Å². The minimum Gasteiger partial charge on any atom is -0.382 e. The van der Waals surface area contributed by atoms with E-state index in [1.54, 1.807) is 53.4 Å². The summed E-state index contributed by atoms with van der Waals surface area (Å²) in [6, 6.07) is 12.6. The number of aryl methyl sites for hydroxylation is 1. The van der Waals surface area contributed by atoms with Crippen LogP contribution in [0.5, 0.6) is 0 Å². The molecule has 5 aromatic rings. The third-order valence-electron chi connectivity index (χ3n) is 10.3. The van der Waals surface area contributed by atoms with Gasteiger partial charge >= 0.3 is 0 Å². The number of nitrogens with one attached hydrogen (secondary N) is 3. The predicted octanol–water partition coefficient (Wildman–Crippen LogP) is 5.83. The van der Waals surface area contributed by atoms with Crippen molar-refractivity contribution in [2.24, 2.45) is 0 Å². The van der Waals surface area contributed by atoms with Crippen molar-refractivity contribution in [2.45, 2.75) is 72.0 Å². The van der Waals surface area contributed by atoms with Crippen molar-refractivity contribution in [3.63, 3.8) is 0 Å². The number of carbonyl (C=O) groups is 5. The number of amides is 4. The number of piperidine rings is 1. The van der Waals surface area contributed by atoms with Crippen LogP contribution >= 0.6 is 27.5 Å². The van der Waals surface area contributed by atoms with E-state index < -0.39 is 11.9 Å². The second-order valence-electron chi connectivity index (χ2n) is 14.5. The van der Waals surface area contributed by atoms with Gasteiger partial charge in [0.05, 0.1) is 36.6 Å². The van der Waals surface area contributed by atoms with Gasteiger partial charge in [0.15, 0.2) is 5.82 Å². The van der Waals surface area contributed by atoms with Crippen LogP contribution in [0.15, 0.2) is 71.7 Å². The van der Waals surface area contributed by atoms with E-state index in [0.717, 1.165) is 48.9 Å². The van der Waals surface area contributed by atoms with Crippen molar-refractivity contribution < 1.29 is 33.4 Å². The SMILES string of the molecule is CCC(=O)NCc1cnn(-c2ncc(CC(=O)Cc3cnc4ccc(Br)cc4c3C)cc2Cl)c1.CCOCCOCCNc1cccc2c1CN(C1CCC(=O)NC1=O)C2=O. The van der Waals surface area contributed by atoms with E-state index in [2.05, 4.69) is 46.9 Å². The molecule has 4 amide bonds. The fraction of sp³-hybridized carbons (Fsp3) is 0.364. The smallest absolute Gasteiger partial charge is 0.255 e. The molecule has 0 bridgehead atoms. The molecule has 7 rings (SSSR count). The van der Waals surface area contributed by atoms with E-state index in [4.69, 9.17) is 21.1 Å². The van der Waals surface area contributed by atoms with Crippen LogP contribution in [0.4, 0.5) is 5.69 Å². The Bertz CT molecular complexity index is 2420. The molecule has 0 radical (unpaired) electrons. The number of ketones is 1. The van der Waals surface area contributed by atoms with Gasteiger partial charge in [0, 0.05) is 103 Å². The number of anilines is 1. The molecule has 1 atom stereocenters. The Morgan fingerprint density at radius 2 is 1.80 bits per heavy atom. The van der Waals surface area contributed by atoms with E-state index >= 15 is 0 Å². The molecule has 1 unspecified atom stereocenters. The summed E-state index contributed by atoms with van der Waals surface area (Å²) in [5, 5.41) is 14.1. The first kappa shape index (κ1) is 45.0. The van der Waals surface area contributed by atoms with Crippen LogP contribution in [0.1, 0.15) is 71.3 Å². The van der Waals surface area contributed by atoms with Gasteiger partial charge < -0.3 is 25.0 Å². The van der Waals surface area contributed by atoms with Crippen LogP contribution in [0.2, 0.25) is 5.02 Å². The van der Waals surface area contributed by atoms with E-state index in [-0.39, 0.29) is 42.8 Å². The average Bonchev–Trinajstić information content (AvgIpc) is 3.85.